The molecule has 1 aromatic carbocycles. The summed E-state index contributed by atoms with van der Waals surface area (Å²) in [6, 6.07) is 10.2. The van der Waals surface area contributed by atoms with Crippen molar-refractivity contribution in [3.8, 4) is 0 Å². The Morgan fingerprint density at radius 2 is 2.09 bits per heavy atom. The van der Waals surface area contributed by atoms with E-state index in [1.807, 2.05) is 30.0 Å². The van der Waals surface area contributed by atoms with E-state index in [1.165, 1.54) is 5.56 Å². The summed E-state index contributed by atoms with van der Waals surface area (Å²) in [5.74, 6) is 1.23. The Morgan fingerprint density at radius 3 is 2.96 bits per heavy atom. The number of nitrogens with zero attached hydrogens (tertiary/aromatic N) is 4. The number of benzene rings is 1. The van der Waals surface area contributed by atoms with Crippen LogP contribution in [0.15, 0.2) is 36.7 Å². The molecule has 2 aliphatic heterocycles. The number of carbonyl (C=O) groups is 1. The second-order valence-corrected chi connectivity index (χ2v) is 6.32. The van der Waals surface area contributed by atoms with Gasteiger partial charge in [0.2, 0.25) is 5.91 Å². The van der Waals surface area contributed by atoms with Crippen LogP contribution in [0.5, 0.6) is 0 Å². The highest BCUT2D eigenvalue weighted by atomic mass is 16.2. The summed E-state index contributed by atoms with van der Waals surface area (Å²) in [6.45, 7) is 4.39. The molecule has 0 aliphatic carbocycles. The number of hydrogen-bond donors (Lipinski definition) is 0. The van der Waals surface area contributed by atoms with Crippen molar-refractivity contribution in [1.29, 1.82) is 0 Å². The summed E-state index contributed by atoms with van der Waals surface area (Å²) in [5.41, 5.74) is 3.33. The first-order valence-electron chi connectivity index (χ1n) is 8.15. The Kier molecular flexibility index (Phi) is 3.48. The third-order valence-electron chi connectivity index (χ3n) is 4.80. The number of fused-ring (bicyclic) bond motifs is 1. The van der Waals surface area contributed by atoms with Crippen molar-refractivity contribution < 1.29 is 4.79 Å². The number of aromatic nitrogens is 2. The molecule has 0 radical (unpaired) electrons. The normalized spacial score (nSPS) is 20.0. The summed E-state index contributed by atoms with van der Waals surface area (Å²) >= 11 is 0. The van der Waals surface area contributed by atoms with Crippen LogP contribution >= 0.6 is 0 Å². The molecule has 2 aromatic rings. The highest BCUT2D eigenvalue weighted by Gasteiger charge is 2.34. The number of carbonyl (C=O) groups excluding carboxylic acids is 1. The molecule has 1 fully saturated rings. The van der Waals surface area contributed by atoms with Gasteiger partial charge in [0.05, 0.1) is 5.92 Å². The zero-order valence-corrected chi connectivity index (χ0v) is 13.3. The molecule has 0 bridgehead atoms. The molecule has 0 saturated carbocycles. The predicted molar refractivity (Wildman–Crippen MR) is 89.6 cm³/mol. The van der Waals surface area contributed by atoms with Crippen molar-refractivity contribution in [2.24, 2.45) is 5.92 Å². The molecule has 1 saturated heterocycles. The maximum atomic E-state index is 12.9. The molecule has 5 nitrogen and oxygen atoms in total. The Balaban J connectivity index is 1.49. The minimum absolute atomic E-state index is 0.0522. The smallest absolute Gasteiger partial charge is 0.231 e. The zero-order chi connectivity index (χ0) is 15.8. The van der Waals surface area contributed by atoms with Crippen LogP contribution in [0.1, 0.15) is 17.7 Å². The number of hydrogen-bond acceptors (Lipinski definition) is 4. The molecule has 1 amide bonds. The molecule has 118 valence electrons. The first-order chi connectivity index (χ1) is 11.2. The first kappa shape index (κ1) is 14.2. The molecule has 1 unspecified atom stereocenters. The molecule has 0 spiro atoms. The van der Waals surface area contributed by atoms with Crippen molar-refractivity contribution in [1.82, 2.24) is 9.97 Å². The van der Waals surface area contributed by atoms with E-state index in [-0.39, 0.29) is 11.8 Å². The van der Waals surface area contributed by atoms with Gasteiger partial charge in [0, 0.05) is 37.1 Å². The number of anilines is 2. The van der Waals surface area contributed by atoms with E-state index in [4.69, 9.17) is 0 Å². The minimum Gasteiger partial charge on any atom is -0.356 e. The lowest BCUT2D eigenvalue weighted by Crippen LogP contribution is -2.36. The van der Waals surface area contributed by atoms with Crippen LogP contribution in [-0.2, 0) is 11.2 Å². The molecular weight excluding hydrogens is 288 g/mol. The second-order valence-electron chi connectivity index (χ2n) is 6.32. The van der Waals surface area contributed by atoms with E-state index in [0.29, 0.717) is 0 Å². The quantitative estimate of drug-likeness (QED) is 0.853. The number of amides is 1. The van der Waals surface area contributed by atoms with Crippen molar-refractivity contribution in [2.75, 3.05) is 29.4 Å². The maximum Gasteiger partial charge on any atom is 0.231 e. The molecule has 2 aliphatic rings. The van der Waals surface area contributed by atoms with Gasteiger partial charge in [0.1, 0.15) is 12.1 Å². The molecule has 23 heavy (non-hydrogen) atoms. The average molecular weight is 308 g/mol. The third kappa shape index (κ3) is 2.56. The number of aryl methyl sites for hydroxylation is 1. The lowest BCUT2D eigenvalue weighted by Gasteiger charge is -2.22. The summed E-state index contributed by atoms with van der Waals surface area (Å²) < 4.78 is 0. The van der Waals surface area contributed by atoms with Crippen LogP contribution in [0.4, 0.5) is 11.5 Å². The van der Waals surface area contributed by atoms with Gasteiger partial charge in [-0.2, -0.15) is 0 Å². The lowest BCUT2D eigenvalue weighted by molar-refractivity contribution is -0.121. The molecule has 1 aromatic heterocycles. The van der Waals surface area contributed by atoms with Gasteiger partial charge in [-0.05, 0) is 31.4 Å². The van der Waals surface area contributed by atoms with Gasteiger partial charge in [-0.15, -0.1) is 0 Å². The second kappa shape index (κ2) is 5.65. The van der Waals surface area contributed by atoms with Crippen molar-refractivity contribution in [3.05, 3.63) is 47.9 Å². The Morgan fingerprint density at radius 1 is 1.22 bits per heavy atom. The molecule has 5 heteroatoms. The van der Waals surface area contributed by atoms with Gasteiger partial charge in [-0.1, -0.05) is 18.2 Å². The third-order valence-corrected chi connectivity index (χ3v) is 4.80. The van der Waals surface area contributed by atoms with Gasteiger partial charge in [-0.3, -0.25) is 4.79 Å². The van der Waals surface area contributed by atoms with Crippen molar-refractivity contribution in [3.63, 3.8) is 0 Å². The van der Waals surface area contributed by atoms with Gasteiger partial charge >= 0.3 is 0 Å². The van der Waals surface area contributed by atoms with Crippen LogP contribution < -0.4 is 9.80 Å². The Labute approximate surface area is 136 Å². The lowest BCUT2D eigenvalue weighted by atomic mass is 10.1. The van der Waals surface area contributed by atoms with Crippen LogP contribution in [0.25, 0.3) is 0 Å². The van der Waals surface area contributed by atoms with Gasteiger partial charge in [0.25, 0.3) is 0 Å². The standard InChI is InChI=1S/C18H20N4O/c1-13-10-17(20-12-19-13)21-8-6-15(11-21)18(23)22-9-7-14-4-2-3-5-16(14)22/h2-5,10,12,15H,6-9,11H2,1H3. The monoisotopic (exact) mass is 308 g/mol. The highest BCUT2D eigenvalue weighted by Crippen LogP contribution is 2.31. The van der Waals surface area contributed by atoms with E-state index in [9.17, 15) is 4.79 Å². The molecule has 3 heterocycles. The SMILES string of the molecule is Cc1cc(N2CCC(C(=O)N3CCc4ccccc43)C2)ncn1. The number of rotatable bonds is 2. The van der Waals surface area contributed by atoms with E-state index in [1.54, 1.807) is 6.33 Å². The summed E-state index contributed by atoms with van der Waals surface area (Å²) in [7, 11) is 0. The fraction of sp³-hybridized carbons (Fsp3) is 0.389. The van der Waals surface area contributed by atoms with E-state index in [0.717, 1.165) is 49.7 Å². The summed E-state index contributed by atoms with van der Waals surface area (Å²) in [6.07, 6.45) is 3.44. The van der Waals surface area contributed by atoms with Crippen LogP contribution in [0, 0.1) is 12.8 Å². The highest BCUT2D eigenvalue weighted by molar-refractivity contribution is 5.97. The van der Waals surface area contributed by atoms with Crippen LogP contribution in [0.2, 0.25) is 0 Å². The molecule has 4 rings (SSSR count). The van der Waals surface area contributed by atoms with Crippen molar-refractivity contribution in [2.45, 2.75) is 19.8 Å². The first-order valence-corrected chi connectivity index (χ1v) is 8.15. The fourth-order valence-electron chi connectivity index (χ4n) is 3.57. The molecule has 0 N–H and O–H groups in total. The van der Waals surface area contributed by atoms with E-state index >= 15 is 0 Å². The van der Waals surface area contributed by atoms with Gasteiger partial charge < -0.3 is 9.80 Å². The van der Waals surface area contributed by atoms with Crippen molar-refractivity contribution >= 4 is 17.4 Å². The van der Waals surface area contributed by atoms with Crippen LogP contribution in [-0.4, -0.2) is 35.5 Å². The van der Waals surface area contributed by atoms with Gasteiger partial charge in [-0.25, -0.2) is 9.97 Å². The topological polar surface area (TPSA) is 49.3 Å². The van der Waals surface area contributed by atoms with Crippen LogP contribution in [0.3, 0.4) is 0 Å². The number of para-hydroxylation sites is 1. The van der Waals surface area contributed by atoms with E-state index in [2.05, 4.69) is 27.0 Å². The predicted octanol–water partition coefficient (Wildman–Crippen LogP) is 2.20. The molecule has 1 atom stereocenters. The fourth-order valence-corrected chi connectivity index (χ4v) is 3.57. The van der Waals surface area contributed by atoms with E-state index < -0.39 is 0 Å². The summed E-state index contributed by atoms with van der Waals surface area (Å²) in [5, 5.41) is 0. The maximum absolute atomic E-state index is 12.9. The largest absolute Gasteiger partial charge is 0.356 e. The molecular formula is C18H20N4O. The van der Waals surface area contributed by atoms with Gasteiger partial charge in [0.15, 0.2) is 0 Å². The minimum atomic E-state index is 0.0522. The Bertz CT molecular complexity index is 745. The average Bonchev–Trinajstić information content (AvgIpc) is 3.22. The summed E-state index contributed by atoms with van der Waals surface area (Å²) in [4.78, 5) is 25.6. The Hall–Kier alpha value is -2.43. The zero-order valence-electron chi connectivity index (χ0n) is 13.3.